The van der Waals surface area contributed by atoms with Gasteiger partial charge in [0.25, 0.3) is 0 Å². The molecule has 4 heteroatoms. The highest BCUT2D eigenvalue weighted by molar-refractivity contribution is 5.85. The predicted octanol–water partition coefficient (Wildman–Crippen LogP) is 3.65. The topological polar surface area (TPSA) is 66.4 Å². The number of hydrogen-bond acceptors (Lipinski definition) is 2. The molecule has 0 bridgehead atoms. The van der Waals surface area contributed by atoms with Gasteiger partial charge in [0, 0.05) is 12.3 Å². The van der Waals surface area contributed by atoms with Gasteiger partial charge in [0.15, 0.2) is 0 Å². The normalized spacial score (nSPS) is 14.1. The summed E-state index contributed by atoms with van der Waals surface area (Å²) in [5.41, 5.74) is 0.718. The fraction of sp³-hybridized carbons (Fsp3) is 0.579. The second kappa shape index (κ2) is 8.70. The van der Waals surface area contributed by atoms with E-state index in [0.29, 0.717) is 6.42 Å². The van der Waals surface area contributed by atoms with Gasteiger partial charge in [0.2, 0.25) is 5.91 Å². The minimum atomic E-state index is -0.995. The third-order valence-electron chi connectivity index (χ3n) is 4.11. The van der Waals surface area contributed by atoms with E-state index in [9.17, 15) is 14.7 Å². The van der Waals surface area contributed by atoms with Gasteiger partial charge in [-0.2, -0.15) is 0 Å². The Morgan fingerprint density at radius 3 is 2.26 bits per heavy atom. The van der Waals surface area contributed by atoms with Crippen molar-refractivity contribution in [1.82, 2.24) is 5.32 Å². The first-order valence-corrected chi connectivity index (χ1v) is 8.32. The first-order valence-electron chi connectivity index (χ1n) is 8.32. The highest BCUT2D eigenvalue weighted by Gasteiger charge is 2.33. The van der Waals surface area contributed by atoms with Gasteiger partial charge in [-0.1, -0.05) is 70.9 Å². The van der Waals surface area contributed by atoms with Gasteiger partial charge >= 0.3 is 5.97 Å². The first-order chi connectivity index (χ1) is 10.8. The lowest BCUT2D eigenvalue weighted by Gasteiger charge is -2.30. The summed E-state index contributed by atoms with van der Waals surface area (Å²) in [7, 11) is 0. The van der Waals surface area contributed by atoms with Crippen LogP contribution in [0.4, 0.5) is 0 Å². The monoisotopic (exact) mass is 319 g/mol. The summed E-state index contributed by atoms with van der Waals surface area (Å²) >= 11 is 0. The maximum atomic E-state index is 12.6. The summed E-state index contributed by atoms with van der Waals surface area (Å²) in [5.74, 6) is -1.33. The molecule has 1 aromatic carbocycles. The minimum absolute atomic E-state index is 0.158. The lowest BCUT2D eigenvalue weighted by atomic mass is 9.77. The van der Waals surface area contributed by atoms with Crippen molar-refractivity contribution < 1.29 is 14.7 Å². The molecule has 0 saturated carbocycles. The maximum absolute atomic E-state index is 12.6. The van der Waals surface area contributed by atoms with Gasteiger partial charge in [0.05, 0.1) is 0 Å². The van der Waals surface area contributed by atoms with E-state index < -0.39 is 12.0 Å². The van der Waals surface area contributed by atoms with Crippen LogP contribution in [0.3, 0.4) is 0 Å². The maximum Gasteiger partial charge on any atom is 0.326 e. The number of rotatable bonds is 8. The summed E-state index contributed by atoms with van der Waals surface area (Å²) in [6, 6.07) is 8.49. The van der Waals surface area contributed by atoms with Crippen molar-refractivity contribution in [1.29, 1.82) is 0 Å². The molecule has 0 radical (unpaired) electrons. The molecular formula is C19H29NO3. The summed E-state index contributed by atoms with van der Waals surface area (Å²) in [5, 5.41) is 12.2. The molecule has 0 heterocycles. The van der Waals surface area contributed by atoms with Crippen molar-refractivity contribution in [3.63, 3.8) is 0 Å². The number of carbonyl (C=O) groups is 2. The molecule has 0 saturated heterocycles. The average molecular weight is 319 g/mol. The highest BCUT2D eigenvalue weighted by atomic mass is 16.4. The summed E-state index contributed by atoms with van der Waals surface area (Å²) in [4.78, 5) is 24.1. The van der Waals surface area contributed by atoms with E-state index in [1.165, 1.54) is 0 Å². The quantitative estimate of drug-likeness (QED) is 0.768. The van der Waals surface area contributed by atoms with E-state index in [1.807, 2.05) is 51.1 Å². The molecule has 1 amide bonds. The molecule has 128 valence electrons. The zero-order valence-corrected chi connectivity index (χ0v) is 14.6. The van der Waals surface area contributed by atoms with E-state index in [0.717, 1.165) is 24.8 Å². The van der Waals surface area contributed by atoms with Gasteiger partial charge < -0.3 is 10.4 Å². The van der Waals surface area contributed by atoms with E-state index in [2.05, 4.69) is 12.2 Å². The molecule has 0 aliphatic carbocycles. The summed E-state index contributed by atoms with van der Waals surface area (Å²) in [6.45, 7) is 8.17. The van der Waals surface area contributed by atoms with Crippen LogP contribution in [0.5, 0.6) is 0 Å². The van der Waals surface area contributed by atoms with Crippen LogP contribution in [0.2, 0.25) is 0 Å². The van der Waals surface area contributed by atoms with E-state index in [-0.39, 0.29) is 17.2 Å². The fourth-order valence-corrected chi connectivity index (χ4v) is 2.69. The predicted molar refractivity (Wildman–Crippen MR) is 92.2 cm³/mol. The molecule has 0 fully saturated rings. The number of carboxylic acids is 1. The van der Waals surface area contributed by atoms with Crippen LogP contribution in [-0.4, -0.2) is 23.0 Å². The Morgan fingerprint density at radius 1 is 1.17 bits per heavy atom. The number of hydrogen-bond donors (Lipinski definition) is 2. The van der Waals surface area contributed by atoms with Gasteiger partial charge in [-0.15, -0.1) is 0 Å². The van der Waals surface area contributed by atoms with Crippen molar-refractivity contribution in [2.24, 2.45) is 11.3 Å². The Morgan fingerprint density at radius 2 is 1.78 bits per heavy atom. The molecule has 4 nitrogen and oxygen atoms in total. The molecule has 1 aromatic rings. The second-order valence-electron chi connectivity index (χ2n) is 7.15. The summed E-state index contributed by atoms with van der Waals surface area (Å²) < 4.78 is 0. The van der Waals surface area contributed by atoms with Crippen molar-refractivity contribution in [3.8, 4) is 0 Å². The SMILES string of the molecule is CCCCC(C(=O)NC(Cc1ccccc1)C(=O)O)C(C)(C)C. The largest absolute Gasteiger partial charge is 0.480 e. The number of unbranched alkanes of at least 4 members (excludes halogenated alkanes) is 1. The highest BCUT2D eigenvalue weighted by Crippen LogP contribution is 2.30. The molecule has 0 spiro atoms. The van der Waals surface area contributed by atoms with Crippen LogP contribution in [0.15, 0.2) is 30.3 Å². The third kappa shape index (κ3) is 6.43. The number of amides is 1. The standard InChI is InChI=1S/C19H29NO3/c1-5-6-12-15(19(2,3)4)17(21)20-16(18(22)23)13-14-10-8-7-9-11-14/h7-11,15-16H,5-6,12-13H2,1-4H3,(H,20,21)(H,22,23). The van der Waals surface area contributed by atoms with E-state index in [4.69, 9.17) is 0 Å². The second-order valence-corrected chi connectivity index (χ2v) is 7.15. The summed E-state index contributed by atoms with van der Waals surface area (Å²) in [6.07, 6.45) is 3.06. The Hall–Kier alpha value is -1.84. The molecule has 0 aliphatic rings. The van der Waals surface area contributed by atoms with E-state index >= 15 is 0 Å². The molecule has 1 rings (SSSR count). The van der Waals surface area contributed by atoms with Crippen molar-refractivity contribution >= 4 is 11.9 Å². The zero-order valence-electron chi connectivity index (χ0n) is 14.6. The zero-order chi connectivity index (χ0) is 17.5. The van der Waals surface area contributed by atoms with Crippen LogP contribution in [-0.2, 0) is 16.0 Å². The fourth-order valence-electron chi connectivity index (χ4n) is 2.69. The number of carbonyl (C=O) groups excluding carboxylic acids is 1. The van der Waals surface area contributed by atoms with Crippen LogP contribution in [0.1, 0.15) is 52.5 Å². The molecular weight excluding hydrogens is 290 g/mol. The van der Waals surface area contributed by atoms with Gasteiger partial charge in [-0.25, -0.2) is 4.79 Å². The van der Waals surface area contributed by atoms with Crippen molar-refractivity contribution in [2.45, 2.75) is 59.4 Å². The molecule has 2 N–H and O–H groups in total. The average Bonchev–Trinajstić information content (AvgIpc) is 2.46. The lowest BCUT2D eigenvalue weighted by Crippen LogP contribution is -2.47. The van der Waals surface area contributed by atoms with Crippen LogP contribution in [0.25, 0.3) is 0 Å². The van der Waals surface area contributed by atoms with Crippen molar-refractivity contribution in [2.75, 3.05) is 0 Å². The van der Waals surface area contributed by atoms with Crippen LogP contribution >= 0.6 is 0 Å². The Kier molecular flexibility index (Phi) is 7.27. The van der Waals surface area contributed by atoms with Gasteiger partial charge in [-0.05, 0) is 17.4 Å². The lowest BCUT2D eigenvalue weighted by molar-refractivity contribution is -0.143. The molecule has 0 aromatic heterocycles. The molecule has 0 aliphatic heterocycles. The number of benzene rings is 1. The third-order valence-corrected chi connectivity index (χ3v) is 4.11. The molecule has 2 unspecified atom stereocenters. The first kappa shape index (κ1) is 19.2. The van der Waals surface area contributed by atoms with Crippen molar-refractivity contribution in [3.05, 3.63) is 35.9 Å². The van der Waals surface area contributed by atoms with E-state index in [1.54, 1.807) is 0 Å². The smallest absolute Gasteiger partial charge is 0.326 e. The Labute approximate surface area is 139 Å². The number of nitrogens with one attached hydrogen (secondary N) is 1. The minimum Gasteiger partial charge on any atom is -0.480 e. The Bertz CT molecular complexity index is 505. The van der Waals surface area contributed by atoms with Crippen LogP contribution in [0, 0.1) is 11.3 Å². The van der Waals surface area contributed by atoms with Gasteiger partial charge in [-0.3, -0.25) is 4.79 Å². The van der Waals surface area contributed by atoms with Crippen LogP contribution < -0.4 is 5.32 Å². The Balaban J connectivity index is 2.81. The molecule has 23 heavy (non-hydrogen) atoms. The molecule has 2 atom stereocenters. The van der Waals surface area contributed by atoms with Gasteiger partial charge in [0.1, 0.15) is 6.04 Å². The number of carboxylic acid groups (broad SMARTS) is 1. The number of aliphatic carboxylic acids is 1.